The van der Waals surface area contributed by atoms with Crippen LogP contribution in [0.1, 0.15) is 10.4 Å². The minimum atomic E-state index is 0.00109. The molecule has 1 N–H and O–H groups in total. The van der Waals surface area contributed by atoms with E-state index in [0.717, 1.165) is 15.9 Å². The molecule has 0 aromatic heterocycles. The van der Waals surface area contributed by atoms with Gasteiger partial charge in [0.1, 0.15) is 11.5 Å². The third-order valence-corrected chi connectivity index (χ3v) is 3.62. The highest BCUT2D eigenvalue weighted by Crippen LogP contribution is 2.25. The summed E-state index contributed by atoms with van der Waals surface area (Å²) in [5, 5.41) is 3.09. The van der Waals surface area contributed by atoms with Crippen LogP contribution in [-0.4, -0.2) is 26.5 Å². The first-order valence-electron chi connectivity index (χ1n) is 6.38. The molecule has 0 bridgehead atoms. The second kappa shape index (κ2) is 7.13. The fraction of sp³-hybridized carbons (Fsp3) is 0.188. The van der Waals surface area contributed by atoms with Crippen molar-refractivity contribution in [3.05, 3.63) is 52.5 Å². The molecule has 0 aliphatic rings. The van der Waals surface area contributed by atoms with Gasteiger partial charge in [-0.1, -0.05) is 6.07 Å². The lowest BCUT2D eigenvalue weighted by Gasteiger charge is -2.09. The molecule has 0 radical (unpaired) electrons. The molecule has 0 saturated carbocycles. The summed E-state index contributed by atoms with van der Waals surface area (Å²) in [5.41, 5.74) is 1.47. The fourth-order valence-corrected chi connectivity index (χ4v) is 2.40. The van der Waals surface area contributed by atoms with Gasteiger partial charge in [0.25, 0.3) is 0 Å². The Bertz CT molecular complexity index is 643. The van der Waals surface area contributed by atoms with E-state index in [1.165, 1.54) is 0 Å². The number of ether oxygens (including phenoxy) is 2. The molecule has 0 aliphatic carbocycles. The Balaban J connectivity index is 2.02. The zero-order chi connectivity index (χ0) is 15.2. The van der Waals surface area contributed by atoms with E-state index in [0.29, 0.717) is 11.3 Å². The van der Waals surface area contributed by atoms with Crippen LogP contribution in [0.2, 0.25) is 0 Å². The van der Waals surface area contributed by atoms with Gasteiger partial charge in [-0.2, -0.15) is 0 Å². The van der Waals surface area contributed by atoms with Crippen molar-refractivity contribution >= 4 is 27.4 Å². The fourth-order valence-electron chi connectivity index (χ4n) is 1.86. The maximum Gasteiger partial charge on any atom is 0.181 e. The molecule has 0 atom stereocenters. The van der Waals surface area contributed by atoms with Crippen LogP contribution >= 0.6 is 15.9 Å². The molecule has 0 aliphatic heterocycles. The number of benzene rings is 2. The summed E-state index contributed by atoms with van der Waals surface area (Å²) in [4.78, 5) is 12.2. The monoisotopic (exact) mass is 349 g/mol. The van der Waals surface area contributed by atoms with E-state index in [2.05, 4.69) is 21.2 Å². The van der Waals surface area contributed by atoms with Crippen LogP contribution in [0.15, 0.2) is 46.9 Å². The van der Waals surface area contributed by atoms with Crippen LogP contribution in [0.3, 0.4) is 0 Å². The minimum absolute atomic E-state index is 0.00109. The number of hydrogen-bond donors (Lipinski definition) is 1. The van der Waals surface area contributed by atoms with Gasteiger partial charge in [-0.05, 0) is 46.3 Å². The van der Waals surface area contributed by atoms with E-state index in [-0.39, 0.29) is 12.3 Å². The van der Waals surface area contributed by atoms with Gasteiger partial charge in [-0.25, -0.2) is 0 Å². The number of carbonyl (C=O) groups excluding carboxylic acids is 1. The van der Waals surface area contributed by atoms with Gasteiger partial charge < -0.3 is 14.8 Å². The molecule has 2 rings (SSSR count). The number of carbonyl (C=O) groups is 1. The van der Waals surface area contributed by atoms with Gasteiger partial charge in [0.2, 0.25) is 0 Å². The van der Waals surface area contributed by atoms with E-state index >= 15 is 0 Å². The highest BCUT2D eigenvalue weighted by molar-refractivity contribution is 9.10. The topological polar surface area (TPSA) is 47.6 Å². The highest BCUT2D eigenvalue weighted by atomic mass is 79.9. The number of ketones is 1. The molecular formula is C16H16BrNO3. The van der Waals surface area contributed by atoms with Crippen LogP contribution in [-0.2, 0) is 0 Å². The van der Waals surface area contributed by atoms with Crippen molar-refractivity contribution in [3.8, 4) is 11.5 Å². The molecule has 5 heteroatoms. The normalized spacial score (nSPS) is 10.0. The number of methoxy groups -OCH3 is 2. The van der Waals surface area contributed by atoms with E-state index in [1.807, 2.05) is 24.3 Å². The Hall–Kier alpha value is -2.01. The first-order valence-corrected chi connectivity index (χ1v) is 7.18. The summed E-state index contributed by atoms with van der Waals surface area (Å²) in [5.74, 6) is 1.45. The molecule has 0 amide bonds. The molecule has 0 heterocycles. The van der Waals surface area contributed by atoms with Crippen molar-refractivity contribution in [2.45, 2.75) is 0 Å². The van der Waals surface area contributed by atoms with E-state index in [4.69, 9.17) is 9.47 Å². The third kappa shape index (κ3) is 3.98. The summed E-state index contributed by atoms with van der Waals surface area (Å²) in [6.07, 6.45) is 0. The van der Waals surface area contributed by atoms with Gasteiger partial charge in [0.15, 0.2) is 5.78 Å². The maximum atomic E-state index is 12.2. The predicted molar refractivity (Wildman–Crippen MR) is 86.5 cm³/mol. The van der Waals surface area contributed by atoms with Crippen LogP contribution in [0.25, 0.3) is 0 Å². The zero-order valence-electron chi connectivity index (χ0n) is 11.9. The van der Waals surface area contributed by atoms with Crippen molar-refractivity contribution in [1.82, 2.24) is 0 Å². The van der Waals surface area contributed by atoms with E-state index in [1.54, 1.807) is 32.4 Å². The molecule has 4 nitrogen and oxygen atoms in total. The lowest BCUT2D eigenvalue weighted by molar-refractivity contribution is 0.101. The number of Topliss-reactive ketones (excluding diaryl/α,β-unsaturated/α-hetero) is 1. The van der Waals surface area contributed by atoms with Crippen LogP contribution in [0.5, 0.6) is 11.5 Å². The first-order chi connectivity index (χ1) is 10.1. The molecule has 0 saturated heterocycles. The summed E-state index contributed by atoms with van der Waals surface area (Å²) in [7, 11) is 3.20. The van der Waals surface area contributed by atoms with Gasteiger partial charge in [0, 0.05) is 17.3 Å². The second-order valence-electron chi connectivity index (χ2n) is 4.36. The van der Waals surface area contributed by atoms with Crippen LogP contribution in [0, 0.1) is 0 Å². The molecule has 21 heavy (non-hydrogen) atoms. The smallest absolute Gasteiger partial charge is 0.181 e. The van der Waals surface area contributed by atoms with Gasteiger partial charge >= 0.3 is 0 Å². The zero-order valence-corrected chi connectivity index (χ0v) is 13.4. The number of anilines is 1. The molecule has 110 valence electrons. The predicted octanol–water partition coefficient (Wildman–Crippen LogP) is 3.76. The van der Waals surface area contributed by atoms with Crippen LogP contribution < -0.4 is 14.8 Å². The number of nitrogens with one attached hydrogen (secondary N) is 1. The van der Waals surface area contributed by atoms with Crippen molar-refractivity contribution in [2.75, 3.05) is 26.1 Å². The summed E-state index contributed by atoms with van der Waals surface area (Å²) in [6.45, 7) is 0.214. The SMILES string of the molecule is COc1cccc(NCC(=O)c2ccc(OC)c(Br)c2)c1. The average Bonchev–Trinajstić information content (AvgIpc) is 2.52. The largest absolute Gasteiger partial charge is 0.497 e. The van der Waals surface area contributed by atoms with Crippen molar-refractivity contribution in [3.63, 3.8) is 0 Å². The number of rotatable bonds is 6. The lowest BCUT2D eigenvalue weighted by atomic mass is 10.1. The highest BCUT2D eigenvalue weighted by Gasteiger charge is 2.09. The Morgan fingerprint density at radius 2 is 1.95 bits per heavy atom. The van der Waals surface area contributed by atoms with Crippen molar-refractivity contribution < 1.29 is 14.3 Å². The quantitative estimate of drug-likeness (QED) is 0.806. The Morgan fingerprint density at radius 3 is 2.62 bits per heavy atom. The average molecular weight is 350 g/mol. The Labute approximate surface area is 132 Å². The molecule has 2 aromatic rings. The summed E-state index contributed by atoms with van der Waals surface area (Å²) in [6, 6.07) is 12.7. The summed E-state index contributed by atoms with van der Waals surface area (Å²) >= 11 is 3.38. The second-order valence-corrected chi connectivity index (χ2v) is 5.21. The van der Waals surface area contributed by atoms with Crippen molar-refractivity contribution in [1.29, 1.82) is 0 Å². The molecule has 0 fully saturated rings. The molecular weight excluding hydrogens is 334 g/mol. The molecule has 0 spiro atoms. The Kier molecular flexibility index (Phi) is 5.22. The van der Waals surface area contributed by atoms with Gasteiger partial charge in [-0.3, -0.25) is 4.79 Å². The Morgan fingerprint density at radius 1 is 1.14 bits per heavy atom. The number of hydrogen-bond acceptors (Lipinski definition) is 4. The van der Waals surface area contributed by atoms with Gasteiger partial charge in [-0.15, -0.1) is 0 Å². The molecule has 0 unspecified atom stereocenters. The minimum Gasteiger partial charge on any atom is -0.497 e. The van der Waals surface area contributed by atoms with Crippen LogP contribution in [0.4, 0.5) is 5.69 Å². The van der Waals surface area contributed by atoms with E-state index in [9.17, 15) is 4.79 Å². The van der Waals surface area contributed by atoms with Gasteiger partial charge in [0.05, 0.1) is 25.2 Å². The molecule has 2 aromatic carbocycles. The summed E-state index contributed by atoms with van der Waals surface area (Å²) < 4.78 is 11.1. The first kappa shape index (κ1) is 15.4. The third-order valence-electron chi connectivity index (χ3n) is 3.00. The maximum absolute atomic E-state index is 12.2. The lowest BCUT2D eigenvalue weighted by Crippen LogP contribution is -2.14. The van der Waals surface area contributed by atoms with E-state index < -0.39 is 0 Å². The number of halogens is 1. The standard InChI is InChI=1S/C16H16BrNO3/c1-20-13-5-3-4-12(9-13)18-10-15(19)11-6-7-16(21-2)14(17)8-11/h3-9,18H,10H2,1-2H3. The van der Waals surface area contributed by atoms with Crippen molar-refractivity contribution in [2.24, 2.45) is 0 Å².